The van der Waals surface area contributed by atoms with Crippen molar-refractivity contribution in [2.24, 2.45) is 0 Å². The van der Waals surface area contributed by atoms with Crippen LogP contribution < -0.4 is 14.8 Å². The maximum Gasteiger partial charge on any atom is 0.270 e. The number of carbonyl (C=O) groups excluding carboxylic acids is 1. The number of thiazole rings is 1. The molecule has 0 fully saturated rings. The first-order chi connectivity index (χ1) is 13.1. The summed E-state index contributed by atoms with van der Waals surface area (Å²) in [5.41, 5.74) is 0.711. The van der Waals surface area contributed by atoms with E-state index in [0.717, 1.165) is 9.40 Å². The molecule has 1 aliphatic rings. The Morgan fingerprint density at radius 3 is 2.74 bits per heavy atom. The number of hydrogen-bond acceptors (Lipinski definition) is 8. The second-order valence-electron chi connectivity index (χ2n) is 5.74. The smallest absolute Gasteiger partial charge is 0.270 e. The van der Waals surface area contributed by atoms with Crippen molar-refractivity contribution in [1.82, 2.24) is 4.98 Å². The summed E-state index contributed by atoms with van der Waals surface area (Å²) in [6.45, 7) is 0.195. The Balaban J connectivity index is 1.43. The summed E-state index contributed by atoms with van der Waals surface area (Å²) in [6.07, 6.45) is 0. The largest absolute Gasteiger partial charge is 0.454 e. The van der Waals surface area contributed by atoms with E-state index < -0.39 is 4.92 Å². The van der Waals surface area contributed by atoms with Gasteiger partial charge >= 0.3 is 0 Å². The van der Waals surface area contributed by atoms with Crippen molar-refractivity contribution in [1.29, 1.82) is 0 Å². The van der Waals surface area contributed by atoms with Gasteiger partial charge in [0.2, 0.25) is 6.79 Å². The molecule has 0 spiro atoms. The average molecular weight is 399 g/mol. The zero-order chi connectivity index (χ0) is 18.5. The number of hydrogen-bond donors (Lipinski definition) is 1. The van der Waals surface area contributed by atoms with Crippen molar-refractivity contribution in [3.63, 3.8) is 0 Å². The second kappa shape index (κ2) is 5.89. The molecule has 8 nitrogen and oxygen atoms in total. The molecular weight excluding hydrogens is 390 g/mol. The lowest BCUT2D eigenvalue weighted by Gasteiger charge is -1.96. The van der Waals surface area contributed by atoms with Crippen LogP contribution in [0.15, 0.2) is 36.4 Å². The van der Waals surface area contributed by atoms with Gasteiger partial charge in [0.25, 0.3) is 11.6 Å². The first kappa shape index (κ1) is 16.0. The van der Waals surface area contributed by atoms with E-state index in [9.17, 15) is 14.9 Å². The summed E-state index contributed by atoms with van der Waals surface area (Å²) in [6, 6.07) is 9.80. The predicted molar refractivity (Wildman–Crippen MR) is 102 cm³/mol. The van der Waals surface area contributed by atoms with Crippen LogP contribution in [0.5, 0.6) is 11.5 Å². The number of amides is 1. The van der Waals surface area contributed by atoms with Gasteiger partial charge in [0.1, 0.15) is 0 Å². The number of non-ortho nitro benzene ring substituents is 1. The fourth-order valence-electron chi connectivity index (χ4n) is 2.79. The molecule has 4 aromatic rings. The fourth-order valence-corrected chi connectivity index (χ4v) is 4.60. The molecule has 27 heavy (non-hydrogen) atoms. The van der Waals surface area contributed by atoms with Gasteiger partial charge in [-0.2, -0.15) is 0 Å². The second-order valence-corrected chi connectivity index (χ2v) is 7.85. The minimum absolute atomic E-state index is 0.00378. The van der Waals surface area contributed by atoms with Crippen LogP contribution in [0.4, 0.5) is 10.8 Å². The SMILES string of the molecule is O=C(Nc1nc2cc3c(cc2s1)OCO3)c1cc2cc([N+](=O)[O-])ccc2s1. The van der Waals surface area contributed by atoms with Gasteiger partial charge in [0, 0.05) is 34.4 Å². The zero-order valence-corrected chi connectivity index (χ0v) is 15.1. The van der Waals surface area contributed by atoms with Crippen molar-refractivity contribution in [2.75, 3.05) is 12.1 Å². The van der Waals surface area contributed by atoms with E-state index >= 15 is 0 Å². The van der Waals surface area contributed by atoms with Crippen LogP contribution in [0, 0.1) is 10.1 Å². The van der Waals surface area contributed by atoms with Crippen LogP contribution in [0.3, 0.4) is 0 Å². The summed E-state index contributed by atoms with van der Waals surface area (Å²) >= 11 is 2.61. The summed E-state index contributed by atoms with van der Waals surface area (Å²) in [4.78, 5) is 27.9. The van der Waals surface area contributed by atoms with Crippen LogP contribution >= 0.6 is 22.7 Å². The van der Waals surface area contributed by atoms with Gasteiger partial charge in [-0.15, -0.1) is 11.3 Å². The molecule has 5 rings (SSSR count). The Kier molecular flexibility index (Phi) is 3.49. The number of nitro benzene ring substituents is 1. The monoisotopic (exact) mass is 399 g/mol. The Labute approximate surface area is 159 Å². The number of fused-ring (bicyclic) bond motifs is 3. The number of carbonyl (C=O) groups is 1. The maximum atomic E-state index is 12.6. The number of rotatable bonds is 3. The minimum atomic E-state index is -0.456. The number of aromatic nitrogens is 1. The fraction of sp³-hybridized carbons (Fsp3) is 0.0588. The predicted octanol–water partition coefficient (Wildman–Crippen LogP) is 4.40. The Hall–Kier alpha value is -3.24. The molecule has 134 valence electrons. The van der Waals surface area contributed by atoms with Gasteiger partial charge < -0.3 is 9.47 Å². The molecule has 2 aromatic heterocycles. The summed E-state index contributed by atoms with van der Waals surface area (Å²) < 4.78 is 12.4. The van der Waals surface area contributed by atoms with E-state index in [0.29, 0.717) is 32.4 Å². The summed E-state index contributed by atoms with van der Waals surface area (Å²) in [5, 5.41) is 14.8. The molecule has 0 saturated carbocycles. The minimum Gasteiger partial charge on any atom is -0.454 e. The first-order valence-electron chi connectivity index (χ1n) is 7.76. The third-order valence-corrected chi connectivity index (χ3v) is 6.09. The lowest BCUT2D eigenvalue weighted by Crippen LogP contribution is -2.09. The van der Waals surface area contributed by atoms with Gasteiger partial charge in [0.05, 0.1) is 20.0 Å². The van der Waals surface area contributed by atoms with Crippen molar-refractivity contribution < 1.29 is 19.2 Å². The van der Waals surface area contributed by atoms with E-state index in [4.69, 9.17) is 9.47 Å². The van der Waals surface area contributed by atoms with Gasteiger partial charge in [-0.1, -0.05) is 11.3 Å². The first-order valence-corrected chi connectivity index (χ1v) is 9.40. The Morgan fingerprint density at radius 2 is 1.93 bits per heavy atom. The van der Waals surface area contributed by atoms with Crippen LogP contribution in [-0.2, 0) is 0 Å². The van der Waals surface area contributed by atoms with Crippen molar-refractivity contribution >= 4 is 59.7 Å². The zero-order valence-electron chi connectivity index (χ0n) is 13.4. The van der Waals surface area contributed by atoms with Crippen molar-refractivity contribution in [3.8, 4) is 11.5 Å². The number of ether oxygens (including phenoxy) is 2. The highest BCUT2D eigenvalue weighted by Crippen LogP contribution is 2.39. The van der Waals surface area contributed by atoms with Gasteiger partial charge in [-0.05, 0) is 12.1 Å². The van der Waals surface area contributed by atoms with Gasteiger partial charge in [-0.3, -0.25) is 20.2 Å². The highest BCUT2D eigenvalue weighted by Gasteiger charge is 2.18. The summed E-state index contributed by atoms with van der Waals surface area (Å²) in [5.74, 6) is 0.991. The number of thiophene rings is 1. The molecule has 0 unspecified atom stereocenters. The molecule has 1 aliphatic heterocycles. The molecule has 0 radical (unpaired) electrons. The molecule has 0 saturated heterocycles. The molecule has 0 bridgehead atoms. The normalized spacial score (nSPS) is 12.6. The average Bonchev–Trinajstić information content (AvgIpc) is 3.35. The lowest BCUT2D eigenvalue weighted by molar-refractivity contribution is -0.384. The molecule has 1 amide bonds. The molecule has 10 heteroatoms. The van der Waals surface area contributed by atoms with Crippen molar-refractivity contribution in [2.45, 2.75) is 0 Å². The Morgan fingerprint density at radius 1 is 1.11 bits per heavy atom. The topological polar surface area (TPSA) is 104 Å². The van der Waals surface area contributed by atoms with Crippen LogP contribution in [0.1, 0.15) is 9.67 Å². The number of nitrogens with one attached hydrogen (secondary N) is 1. The summed E-state index contributed by atoms with van der Waals surface area (Å²) in [7, 11) is 0. The standard InChI is InChI=1S/C17H9N3O5S2/c21-16(15-4-8-3-9(20(22)23)1-2-13(8)26-15)19-17-18-10-5-11-12(25-7-24-11)6-14(10)27-17/h1-6H,7H2,(H,18,19,21). The molecule has 1 N–H and O–H groups in total. The van der Waals surface area contributed by atoms with Crippen LogP contribution in [0.25, 0.3) is 20.3 Å². The van der Waals surface area contributed by atoms with E-state index in [1.54, 1.807) is 18.2 Å². The van der Waals surface area contributed by atoms with Crippen LogP contribution in [0.2, 0.25) is 0 Å². The van der Waals surface area contributed by atoms with E-state index in [1.807, 2.05) is 6.07 Å². The third-order valence-electron chi connectivity index (χ3n) is 4.04. The molecule has 0 atom stereocenters. The quantitative estimate of drug-likeness (QED) is 0.404. The van der Waals surface area contributed by atoms with Crippen molar-refractivity contribution in [3.05, 3.63) is 51.4 Å². The highest BCUT2D eigenvalue weighted by atomic mass is 32.1. The van der Waals surface area contributed by atoms with Gasteiger partial charge in [0.15, 0.2) is 16.6 Å². The van der Waals surface area contributed by atoms with E-state index in [2.05, 4.69) is 10.3 Å². The van der Waals surface area contributed by atoms with E-state index in [1.165, 1.54) is 34.8 Å². The third kappa shape index (κ3) is 2.75. The molecular formula is C17H9N3O5S2. The maximum absolute atomic E-state index is 12.6. The lowest BCUT2D eigenvalue weighted by atomic mass is 10.2. The highest BCUT2D eigenvalue weighted by molar-refractivity contribution is 7.23. The number of anilines is 1. The molecule has 2 aromatic carbocycles. The number of nitro groups is 1. The van der Waals surface area contributed by atoms with Gasteiger partial charge in [-0.25, -0.2) is 4.98 Å². The Bertz CT molecular complexity index is 1210. The molecule has 3 heterocycles. The molecule has 0 aliphatic carbocycles. The van der Waals surface area contributed by atoms with E-state index in [-0.39, 0.29) is 18.4 Å². The number of benzene rings is 2. The van der Waals surface area contributed by atoms with Crippen LogP contribution in [-0.4, -0.2) is 22.6 Å². The number of nitrogens with zero attached hydrogens (tertiary/aromatic N) is 2.